The first-order valence-corrected chi connectivity index (χ1v) is 8.37. The van der Waals surface area contributed by atoms with Crippen LogP contribution in [0.25, 0.3) is 0 Å². The molecule has 0 spiro atoms. The minimum absolute atomic E-state index is 0.177. The quantitative estimate of drug-likeness (QED) is 0.872. The molecule has 2 aliphatic heterocycles. The van der Waals surface area contributed by atoms with E-state index in [1.165, 1.54) is 25.7 Å². The highest BCUT2D eigenvalue weighted by Crippen LogP contribution is 2.34. The predicted molar refractivity (Wildman–Crippen MR) is 86.8 cm³/mol. The van der Waals surface area contributed by atoms with E-state index in [9.17, 15) is 5.11 Å². The summed E-state index contributed by atoms with van der Waals surface area (Å²) in [5.41, 5.74) is 1.15. The number of fused-ring (bicyclic) bond motifs is 2. The van der Waals surface area contributed by atoms with Gasteiger partial charge in [0.2, 0.25) is 0 Å². The zero-order valence-electron chi connectivity index (χ0n) is 12.6. The molecule has 2 saturated heterocycles. The Morgan fingerprint density at radius 3 is 2.62 bits per heavy atom. The van der Waals surface area contributed by atoms with Gasteiger partial charge in [0.25, 0.3) is 0 Å². The van der Waals surface area contributed by atoms with Crippen molar-refractivity contribution in [1.82, 2.24) is 10.2 Å². The first-order chi connectivity index (χ1) is 10.1. The van der Waals surface area contributed by atoms with Crippen molar-refractivity contribution >= 4 is 15.9 Å². The van der Waals surface area contributed by atoms with Gasteiger partial charge >= 0.3 is 0 Å². The lowest BCUT2D eigenvalue weighted by molar-refractivity contribution is 0.165. The maximum atomic E-state index is 9.80. The molecule has 21 heavy (non-hydrogen) atoms. The van der Waals surface area contributed by atoms with Gasteiger partial charge in [-0.2, -0.15) is 0 Å². The van der Waals surface area contributed by atoms with Gasteiger partial charge < -0.3 is 15.2 Å². The van der Waals surface area contributed by atoms with E-state index < -0.39 is 0 Å². The summed E-state index contributed by atoms with van der Waals surface area (Å²) in [6, 6.07) is 5.68. The topological polar surface area (TPSA) is 44.7 Å². The fourth-order valence-corrected chi connectivity index (χ4v) is 4.11. The second-order valence-electron chi connectivity index (χ2n) is 6.29. The van der Waals surface area contributed by atoms with Gasteiger partial charge in [0.15, 0.2) is 11.5 Å². The van der Waals surface area contributed by atoms with Crippen molar-refractivity contribution in [1.29, 1.82) is 0 Å². The van der Waals surface area contributed by atoms with E-state index in [0.717, 1.165) is 16.6 Å². The number of ether oxygens (including phenoxy) is 1. The molecule has 3 rings (SSSR count). The molecular weight excluding hydrogens is 332 g/mol. The standard InChI is InChI=1S/C16H23BrN2O2/c1-19(13-6-11-3-4-12(7-13)18-11)9-10-5-16(21-2)15(20)8-14(10)17/h5,8,11-13,18,20H,3-4,6-7,9H2,1-2H3/t11-,12+,13?. The number of benzene rings is 1. The van der Waals surface area contributed by atoms with E-state index in [2.05, 4.69) is 33.2 Å². The lowest BCUT2D eigenvalue weighted by Gasteiger charge is -2.35. The van der Waals surface area contributed by atoms with Crippen LogP contribution in [0.3, 0.4) is 0 Å². The van der Waals surface area contributed by atoms with E-state index in [1.807, 2.05) is 6.07 Å². The van der Waals surface area contributed by atoms with Crippen molar-refractivity contribution in [2.45, 2.75) is 50.4 Å². The minimum atomic E-state index is 0.177. The van der Waals surface area contributed by atoms with E-state index >= 15 is 0 Å². The maximum absolute atomic E-state index is 9.80. The van der Waals surface area contributed by atoms with Gasteiger partial charge in [0.05, 0.1) is 7.11 Å². The highest BCUT2D eigenvalue weighted by atomic mass is 79.9. The fraction of sp³-hybridized carbons (Fsp3) is 0.625. The third kappa shape index (κ3) is 3.20. The Labute approximate surface area is 134 Å². The Balaban J connectivity index is 1.71. The number of rotatable bonds is 4. The van der Waals surface area contributed by atoms with Crippen LogP contribution in [-0.4, -0.2) is 42.3 Å². The second kappa shape index (κ2) is 6.15. The van der Waals surface area contributed by atoms with Gasteiger partial charge in [0.1, 0.15) is 0 Å². The molecule has 0 amide bonds. The molecule has 0 aromatic heterocycles. The number of halogens is 1. The highest BCUT2D eigenvalue weighted by Gasteiger charge is 2.35. The monoisotopic (exact) mass is 354 g/mol. The number of phenols is 1. The largest absolute Gasteiger partial charge is 0.504 e. The van der Waals surface area contributed by atoms with Crippen LogP contribution in [0, 0.1) is 0 Å². The van der Waals surface area contributed by atoms with Crippen LogP contribution in [0.4, 0.5) is 0 Å². The molecule has 5 heteroatoms. The molecule has 0 radical (unpaired) electrons. The number of phenolic OH excluding ortho intramolecular Hbond substituents is 1. The highest BCUT2D eigenvalue weighted by molar-refractivity contribution is 9.10. The van der Waals surface area contributed by atoms with Crippen molar-refractivity contribution in [2.24, 2.45) is 0 Å². The van der Waals surface area contributed by atoms with Crippen LogP contribution >= 0.6 is 15.9 Å². The number of nitrogens with one attached hydrogen (secondary N) is 1. The van der Waals surface area contributed by atoms with E-state index in [-0.39, 0.29) is 5.75 Å². The van der Waals surface area contributed by atoms with Crippen molar-refractivity contribution in [3.05, 3.63) is 22.2 Å². The number of piperidine rings is 1. The zero-order chi connectivity index (χ0) is 15.0. The maximum Gasteiger partial charge on any atom is 0.160 e. The predicted octanol–water partition coefficient (Wildman–Crippen LogP) is 2.88. The SMILES string of the molecule is COc1cc(CN(C)C2C[C@H]3CC[C@@H](C2)N3)c(Br)cc1O. The van der Waals surface area contributed by atoms with Gasteiger partial charge in [-0.15, -0.1) is 0 Å². The average Bonchev–Trinajstić information content (AvgIpc) is 2.80. The number of nitrogens with zero attached hydrogens (tertiary/aromatic N) is 1. The molecule has 2 aliphatic rings. The normalized spacial score (nSPS) is 28.1. The third-order valence-corrected chi connectivity index (χ3v) is 5.58. The molecule has 2 bridgehead atoms. The number of methoxy groups -OCH3 is 1. The van der Waals surface area contributed by atoms with Crippen LogP contribution < -0.4 is 10.1 Å². The summed E-state index contributed by atoms with van der Waals surface area (Å²) < 4.78 is 6.15. The summed E-state index contributed by atoms with van der Waals surface area (Å²) in [6.45, 7) is 0.862. The van der Waals surface area contributed by atoms with Crippen LogP contribution in [0.1, 0.15) is 31.2 Å². The number of hydrogen-bond donors (Lipinski definition) is 2. The van der Waals surface area contributed by atoms with Crippen LogP contribution in [0.5, 0.6) is 11.5 Å². The van der Waals surface area contributed by atoms with Crippen molar-refractivity contribution in [3.63, 3.8) is 0 Å². The summed E-state index contributed by atoms with van der Waals surface area (Å²) in [5.74, 6) is 0.711. The van der Waals surface area contributed by atoms with E-state index in [4.69, 9.17) is 4.74 Å². The molecule has 1 unspecified atom stereocenters. The molecule has 1 aromatic carbocycles. The molecule has 3 atom stereocenters. The first kappa shape index (κ1) is 15.1. The molecule has 2 heterocycles. The van der Waals surface area contributed by atoms with Gasteiger partial charge in [-0.25, -0.2) is 0 Å². The second-order valence-corrected chi connectivity index (χ2v) is 7.15. The summed E-state index contributed by atoms with van der Waals surface area (Å²) in [7, 11) is 3.78. The van der Waals surface area contributed by atoms with E-state index in [1.54, 1.807) is 13.2 Å². The van der Waals surface area contributed by atoms with Gasteiger partial charge in [-0.05, 0) is 50.4 Å². The third-order valence-electron chi connectivity index (χ3n) is 4.84. The molecule has 0 aliphatic carbocycles. The van der Waals surface area contributed by atoms with Crippen LogP contribution in [0.2, 0.25) is 0 Å². The van der Waals surface area contributed by atoms with E-state index in [0.29, 0.717) is 23.9 Å². The van der Waals surface area contributed by atoms with Crippen molar-refractivity contribution < 1.29 is 9.84 Å². The molecule has 116 valence electrons. The first-order valence-electron chi connectivity index (χ1n) is 7.58. The van der Waals surface area contributed by atoms with Gasteiger partial charge in [0, 0.05) is 29.1 Å². The molecule has 4 nitrogen and oxygen atoms in total. The zero-order valence-corrected chi connectivity index (χ0v) is 14.2. The van der Waals surface area contributed by atoms with Gasteiger partial charge in [-0.3, -0.25) is 4.90 Å². The Morgan fingerprint density at radius 1 is 1.33 bits per heavy atom. The minimum Gasteiger partial charge on any atom is -0.504 e. The number of hydrogen-bond acceptors (Lipinski definition) is 4. The van der Waals surface area contributed by atoms with Crippen molar-refractivity contribution in [3.8, 4) is 11.5 Å². The Kier molecular flexibility index (Phi) is 4.43. The fourth-order valence-electron chi connectivity index (χ4n) is 3.65. The van der Waals surface area contributed by atoms with Gasteiger partial charge in [-0.1, -0.05) is 15.9 Å². The average molecular weight is 355 g/mol. The summed E-state index contributed by atoms with van der Waals surface area (Å²) >= 11 is 3.54. The molecule has 1 aromatic rings. The van der Waals surface area contributed by atoms with Crippen LogP contribution in [0.15, 0.2) is 16.6 Å². The summed E-state index contributed by atoms with van der Waals surface area (Å²) in [4.78, 5) is 2.43. The Bertz CT molecular complexity index is 511. The summed E-state index contributed by atoms with van der Waals surface area (Å²) in [5, 5.41) is 13.5. The van der Waals surface area contributed by atoms with Crippen LogP contribution in [-0.2, 0) is 6.54 Å². The lowest BCUT2D eigenvalue weighted by atomic mass is 9.98. The molecular formula is C16H23BrN2O2. The summed E-state index contributed by atoms with van der Waals surface area (Å²) in [6.07, 6.45) is 5.12. The lowest BCUT2D eigenvalue weighted by Crippen LogP contribution is -2.46. The molecule has 0 saturated carbocycles. The Morgan fingerprint density at radius 2 is 2.00 bits per heavy atom. The van der Waals surface area contributed by atoms with Crippen molar-refractivity contribution in [2.75, 3.05) is 14.2 Å². The molecule has 2 N–H and O–H groups in total. The Hall–Kier alpha value is -0.780. The number of aromatic hydroxyl groups is 1. The molecule has 2 fully saturated rings. The smallest absolute Gasteiger partial charge is 0.160 e.